The molecule has 1 aromatic rings. The first-order valence-electron chi connectivity index (χ1n) is 5.59. The van der Waals surface area contributed by atoms with Crippen molar-refractivity contribution in [2.75, 3.05) is 0 Å². The van der Waals surface area contributed by atoms with E-state index in [4.69, 9.17) is 11.6 Å². The summed E-state index contributed by atoms with van der Waals surface area (Å²) in [5.41, 5.74) is 4.06. The molecule has 0 N–H and O–H groups in total. The highest BCUT2D eigenvalue weighted by Gasteiger charge is 2.56. The van der Waals surface area contributed by atoms with Crippen molar-refractivity contribution < 1.29 is 0 Å². The topological polar surface area (TPSA) is 0 Å². The lowest BCUT2D eigenvalue weighted by Crippen LogP contribution is -2.25. The van der Waals surface area contributed by atoms with Gasteiger partial charge in [-0.1, -0.05) is 36.4 Å². The van der Waals surface area contributed by atoms with E-state index in [0.717, 1.165) is 5.57 Å². The number of hydrogen-bond acceptors (Lipinski definition) is 0. The fourth-order valence-corrected chi connectivity index (χ4v) is 3.95. The molecule has 78 valence electrons. The molecule has 2 atom stereocenters. The molecule has 3 rings (SSSR count). The molecule has 0 saturated heterocycles. The van der Waals surface area contributed by atoms with E-state index in [-0.39, 0.29) is 4.87 Å². The Morgan fingerprint density at radius 3 is 2.13 bits per heavy atom. The summed E-state index contributed by atoms with van der Waals surface area (Å²) in [6.07, 6.45) is 2.44. The van der Waals surface area contributed by atoms with Crippen LogP contribution in [0.3, 0.4) is 0 Å². The summed E-state index contributed by atoms with van der Waals surface area (Å²) in [5, 5.41) is 0. The van der Waals surface area contributed by atoms with Crippen LogP contribution in [0.15, 0.2) is 36.4 Å². The van der Waals surface area contributed by atoms with E-state index < -0.39 is 0 Å². The monoisotopic (exact) mass is 218 g/mol. The Bertz CT molecular complexity index is 402. The van der Waals surface area contributed by atoms with Crippen LogP contribution in [-0.4, -0.2) is 4.87 Å². The van der Waals surface area contributed by atoms with Crippen molar-refractivity contribution in [1.29, 1.82) is 0 Å². The van der Waals surface area contributed by atoms with Gasteiger partial charge in [-0.05, 0) is 30.9 Å². The van der Waals surface area contributed by atoms with Crippen LogP contribution in [0.5, 0.6) is 0 Å². The quantitative estimate of drug-likeness (QED) is 0.489. The van der Waals surface area contributed by atoms with Crippen LogP contribution in [0.1, 0.15) is 42.7 Å². The van der Waals surface area contributed by atoms with Gasteiger partial charge < -0.3 is 0 Å². The van der Waals surface area contributed by atoms with Gasteiger partial charge in [0.25, 0.3) is 0 Å². The second kappa shape index (κ2) is 2.89. The summed E-state index contributed by atoms with van der Waals surface area (Å²) < 4.78 is 0. The Morgan fingerprint density at radius 2 is 1.73 bits per heavy atom. The summed E-state index contributed by atoms with van der Waals surface area (Å²) in [4.78, 5) is -0.191. The molecule has 0 aromatic heterocycles. The highest BCUT2D eigenvalue weighted by molar-refractivity contribution is 6.28. The Morgan fingerprint density at radius 1 is 1.27 bits per heavy atom. The van der Waals surface area contributed by atoms with Gasteiger partial charge in [-0.2, -0.15) is 0 Å². The van der Waals surface area contributed by atoms with Crippen LogP contribution in [-0.2, 0) is 0 Å². The largest absolute Gasteiger partial charge is 0.113 e. The molecular formula is C14H15Cl. The van der Waals surface area contributed by atoms with E-state index in [2.05, 4.69) is 37.8 Å². The van der Waals surface area contributed by atoms with Gasteiger partial charge in [-0.25, -0.2) is 0 Å². The average molecular weight is 219 g/mol. The van der Waals surface area contributed by atoms with Crippen LogP contribution in [0, 0.1) is 0 Å². The zero-order valence-electron chi connectivity index (χ0n) is 8.96. The highest BCUT2D eigenvalue weighted by atomic mass is 35.5. The van der Waals surface area contributed by atoms with E-state index in [1.165, 1.54) is 24.0 Å². The molecule has 1 saturated carbocycles. The molecule has 1 fully saturated rings. The number of fused-ring (bicyclic) bond motifs is 5. The fourth-order valence-electron chi connectivity index (χ4n) is 3.50. The molecule has 0 aliphatic heterocycles. The Labute approximate surface area is 96.0 Å². The maximum absolute atomic E-state index is 6.83. The van der Waals surface area contributed by atoms with Crippen LogP contribution >= 0.6 is 11.6 Å². The van der Waals surface area contributed by atoms with Crippen molar-refractivity contribution in [3.63, 3.8) is 0 Å². The van der Waals surface area contributed by atoms with Crippen molar-refractivity contribution in [2.45, 2.75) is 36.5 Å². The van der Waals surface area contributed by atoms with E-state index in [1.54, 1.807) is 0 Å². The summed E-state index contributed by atoms with van der Waals surface area (Å²) in [6, 6.07) is 8.71. The Balaban J connectivity index is 2.20. The molecule has 0 radical (unpaired) electrons. The van der Waals surface area contributed by atoms with Gasteiger partial charge in [0.2, 0.25) is 0 Å². The third kappa shape index (κ3) is 0.986. The molecule has 2 aliphatic rings. The van der Waals surface area contributed by atoms with Crippen molar-refractivity contribution in [1.82, 2.24) is 0 Å². The number of allylic oxidation sites excluding steroid dienone is 1. The molecule has 0 spiro atoms. The predicted molar refractivity (Wildman–Crippen MR) is 64.6 cm³/mol. The van der Waals surface area contributed by atoms with Crippen LogP contribution in [0.2, 0.25) is 0 Å². The molecule has 2 unspecified atom stereocenters. The Kier molecular flexibility index (Phi) is 1.82. The lowest BCUT2D eigenvalue weighted by Gasteiger charge is -2.28. The lowest BCUT2D eigenvalue weighted by atomic mass is 9.88. The first kappa shape index (κ1) is 9.47. The first-order chi connectivity index (χ1) is 7.15. The minimum Gasteiger partial charge on any atom is -0.113 e. The second-order valence-corrected chi connectivity index (χ2v) is 5.49. The smallest absolute Gasteiger partial charge is 0.0786 e. The first-order valence-corrected chi connectivity index (χ1v) is 5.97. The van der Waals surface area contributed by atoms with E-state index >= 15 is 0 Å². The van der Waals surface area contributed by atoms with Crippen LogP contribution in [0.4, 0.5) is 0 Å². The minimum atomic E-state index is -0.191. The van der Waals surface area contributed by atoms with Crippen LogP contribution < -0.4 is 0 Å². The number of rotatable bonds is 1. The minimum absolute atomic E-state index is 0.191. The van der Waals surface area contributed by atoms with Gasteiger partial charge in [0, 0.05) is 11.8 Å². The van der Waals surface area contributed by atoms with Crippen molar-refractivity contribution >= 4 is 11.6 Å². The number of hydrogen-bond donors (Lipinski definition) is 0. The molecule has 0 amide bonds. The SMILES string of the molecule is C=C(C)C1(Cl)C2CCC1c1ccccc12. The zero-order valence-corrected chi connectivity index (χ0v) is 9.72. The molecular weight excluding hydrogens is 204 g/mol. The zero-order chi connectivity index (χ0) is 10.6. The van der Waals surface area contributed by atoms with Gasteiger partial charge >= 0.3 is 0 Å². The Hall–Kier alpha value is -0.750. The molecule has 2 aliphatic carbocycles. The van der Waals surface area contributed by atoms with Gasteiger partial charge in [-0.15, -0.1) is 11.6 Å². The average Bonchev–Trinajstić information content (AvgIpc) is 2.70. The maximum Gasteiger partial charge on any atom is 0.0786 e. The molecule has 1 heteroatoms. The molecule has 0 nitrogen and oxygen atoms in total. The van der Waals surface area contributed by atoms with E-state index in [9.17, 15) is 0 Å². The second-order valence-electron chi connectivity index (χ2n) is 4.86. The van der Waals surface area contributed by atoms with Crippen molar-refractivity contribution in [3.05, 3.63) is 47.5 Å². The number of alkyl halides is 1. The molecule has 1 aromatic carbocycles. The summed E-state index contributed by atoms with van der Waals surface area (Å²) in [7, 11) is 0. The van der Waals surface area contributed by atoms with Crippen molar-refractivity contribution in [3.8, 4) is 0 Å². The highest BCUT2D eigenvalue weighted by Crippen LogP contribution is 2.64. The van der Waals surface area contributed by atoms with E-state index in [0.29, 0.717) is 11.8 Å². The summed E-state index contributed by atoms with van der Waals surface area (Å²) >= 11 is 6.83. The third-order valence-electron chi connectivity index (χ3n) is 4.16. The number of benzene rings is 1. The number of halogens is 1. The summed E-state index contributed by atoms with van der Waals surface area (Å²) in [6.45, 7) is 6.17. The summed E-state index contributed by atoms with van der Waals surface area (Å²) in [5.74, 6) is 0.996. The maximum atomic E-state index is 6.83. The fraction of sp³-hybridized carbons (Fsp3) is 0.429. The molecule has 2 bridgehead atoms. The van der Waals surface area contributed by atoms with E-state index in [1.807, 2.05) is 0 Å². The molecule has 0 heterocycles. The van der Waals surface area contributed by atoms with Gasteiger partial charge in [0.1, 0.15) is 0 Å². The van der Waals surface area contributed by atoms with Gasteiger partial charge in [0.05, 0.1) is 4.87 Å². The lowest BCUT2D eigenvalue weighted by molar-refractivity contribution is 0.604. The standard InChI is InChI=1S/C14H15Cl/c1-9(2)14(15)12-7-8-13(14)11-6-4-3-5-10(11)12/h3-6,12-13H,1,7-8H2,2H3. The predicted octanol–water partition coefficient (Wildman–Crippen LogP) is 4.21. The van der Waals surface area contributed by atoms with Crippen LogP contribution in [0.25, 0.3) is 0 Å². The third-order valence-corrected chi connectivity index (χ3v) is 5.01. The van der Waals surface area contributed by atoms with Gasteiger partial charge in [0.15, 0.2) is 0 Å². The normalized spacial score (nSPS) is 36.7. The van der Waals surface area contributed by atoms with Gasteiger partial charge in [-0.3, -0.25) is 0 Å². The molecule has 15 heavy (non-hydrogen) atoms. The van der Waals surface area contributed by atoms with Crippen molar-refractivity contribution in [2.24, 2.45) is 0 Å².